The predicted molar refractivity (Wildman–Crippen MR) is 211 cm³/mol. The lowest BCUT2D eigenvalue weighted by Gasteiger charge is -2.24. The number of sulfone groups is 1. The van der Waals surface area contributed by atoms with Gasteiger partial charge in [-0.3, -0.25) is 4.21 Å². The van der Waals surface area contributed by atoms with E-state index in [-0.39, 0.29) is 119 Å². The third kappa shape index (κ3) is 55.1. The summed E-state index contributed by atoms with van der Waals surface area (Å²) in [6, 6.07) is 0. The van der Waals surface area contributed by atoms with Crippen LogP contribution in [-0.4, -0.2) is 72.2 Å². The maximum atomic E-state index is 10.3. The molecule has 4 aliphatic rings. The molecular formula is C32H97NO3S3. The molecule has 0 N–H and O–H groups in total. The Morgan fingerprint density at radius 3 is 0.846 bits per heavy atom. The van der Waals surface area contributed by atoms with Crippen molar-refractivity contribution in [2.75, 3.05) is 54.7 Å². The second-order valence-corrected chi connectivity index (χ2v) is 12.1. The molecule has 0 aromatic heterocycles. The molecule has 4 saturated heterocycles. The molecule has 4 heterocycles. The van der Waals surface area contributed by atoms with Gasteiger partial charge in [0.15, 0.2) is 9.84 Å². The zero-order chi connectivity index (χ0) is 17.5. The van der Waals surface area contributed by atoms with Gasteiger partial charge in [0.2, 0.25) is 0 Å². The zero-order valence-corrected chi connectivity index (χ0v) is 17.4. The number of thioether (sulfide) groups is 1. The molecule has 0 aliphatic carbocycles. The van der Waals surface area contributed by atoms with Gasteiger partial charge < -0.3 is 4.90 Å². The highest BCUT2D eigenvalue weighted by atomic mass is 32.2. The first kappa shape index (κ1) is 106. The largest absolute Gasteiger partial charge is 0.306 e. The van der Waals surface area contributed by atoms with E-state index in [0.29, 0.717) is 17.4 Å². The van der Waals surface area contributed by atoms with Crippen molar-refractivity contribution >= 4 is 32.4 Å². The smallest absolute Gasteiger partial charge is 0.150 e. The van der Waals surface area contributed by atoms with E-state index in [0.717, 1.165) is 23.3 Å². The third-order valence-electron chi connectivity index (χ3n) is 3.90. The summed E-state index contributed by atoms with van der Waals surface area (Å²) in [7, 11) is -0.810. The Balaban J connectivity index is -0.0000000114. The number of nitrogens with zero attached hydrogens (tertiary/aromatic N) is 1. The highest BCUT2D eigenvalue weighted by molar-refractivity contribution is 8.00. The lowest BCUT2D eigenvalue weighted by atomic mass is 10.2. The Labute approximate surface area is 267 Å². The second kappa shape index (κ2) is 54.5. The predicted octanol–water partition coefficient (Wildman–Crippen LogP) is 12.3. The molecule has 4 rings (SSSR count). The Bertz CT molecular complexity index is 433. The van der Waals surface area contributed by atoms with Gasteiger partial charge in [0.1, 0.15) is 0 Å². The molecule has 0 saturated carbocycles. The highest BCUT2D eigenvalue weighted by Gasteiger charge is 2.28. The normalized spacial score (nSPS) is 18.8. The van der Waals surface area contributed by atoms with Crippen molar-refractivity contribution in [1.29, 1.82) is 0 Å². The molecule has 0 unspecified atom stereocenters. The van der Waals surface area contributed by atoms with Crippen molar-refractivity contribution in [1.82, 2.24) is 4.90 Å². The minimum atomic E-state index is -2.53. The first-order valence-corrected chi connectivity index (χ1v) is 13.0. The Kier molecular flexibility index (Phi) is 148. The van der Waals surface area contributed by atoms with Gasteiger partial charge in [0.05, 0.1) is 11.5 Å². The lowest BCUT2D eigenvalue weighted by molar-refractivity contribution is 0.229. The summed E-state index contributed by atoms with van der Waals surface area (Å²) >= 11 is 2.05. The van der Waals surface area contributed by atoms with Crippen molar-refractivity contribution in [3.8, 4) is 0 Å². The maximum Gasteiger partial charge on any atom is 0.150 e. The van der Waals surface area contributed by atoms with Crippen LogP contribution in [0.3, 0.4) is 0 Å². The fourth-order valence-corrected chi connectivity index (χ4v) is 5.75. The fourth-order valence-electron chi connectivity index (χ4n) is 2.23. The SMILES string of the molecule is C.C.C.C.C.C.C.C.C.C.C.C.C.C.C.C.CC1CS(=O)(=O)C1.CC1CS(=O)C1.CC1CSC1.CN1CCC1. The zero-order valence-electron chi connectivity index (χ0n) is 15.0. The number of rotatable bonds is 0. The molecule has 0 amide bonds. The molecule has 266 valence electrons. The van der Waals surface area contributed by atoms with Gasteiger partial charge in [-0.2, -0.15) is 11.8 Å². The van der Waals surface area contributed by atoms with Crippen molar-refractivity contribution < 1.29 is 12.6 Å². The monoisotopic (exact) mass is 640 g/mol. The molecule has 4 aliphatic heterocycles. The fraction of sp³-hybridized carbons (Fsp3) is 1.00. The first-order valence-electron chi connectivity index (χ1n) is 8.49. The second-order valence-electron chi connectivity index (χ2n) is 7.36. The van der Waals surface area contributed by atoms with E-state index >= 15 is 0 Å². The van der Waals surface area contributed by atoms with Gasteiger partial charge in [0.25, 0.3) is 0 Å². The van der Waals surface area contributed by atoms with Crippen LogP contribution < -0.4 is 0 Å². The summed E-state index contributed by atoms with van der Waals surface area (Å²) in [4.78, 5) is 2.31. The average Bonchev–Trinajstić information content (AvgIpc) is 2.33. The molecule has 0 aromatic carbocycles. The minimum absolute atomic E-state index is 0. The summed E-state index contributed by atoms with van der Waals surface area (Å²) < 4.78 is 30.8. The summed E-state index contributed by atoms with van der Waals surface area (Å²) in [5.74, 6) is 7.70. The van der Waals surface area contributed by atoms with Crippen molar-refractivity contribution in [3.05, 3.63) is 0 Å². The molecule has 0 bridgehead atoms. The summed E-state index contributed by atoms with van der Waals surface area (Å²) in [6.45, 7) is 9.00. The van der Waals surface area contributed by atoms with E-state index < -0.39 is 20.6 Å². The Morgan fingerprint density at radius 1 is 0.590 bits per heavy atom. The van der Waals surface area contributed by atoms with Crippen LogP contribution >= 0.6 is 11.8 Å². The van der Waals surface area contributed by atoms with Gasteiger partial charge in [-0.1, -0.05) is 140 Å². The standard InChI is InChI=1S/C4H9N.C4H8O2S.C4H8OS.C4H8S.16CH4/c1-5-3-2-4-5;1-4-2-7(5,6)3-4;1-4-2-6(5)3-4;1-4-2-5-3-4;;;;;;;;;;;;;;;;/h2-4H2,1H3;4H,2-3H2,1H3;4H,2-3H2,1H3;4H,2-3H2,1H3;16*1H4. The number of hydrogen-bond donors (Lipinski definition) is 0. The molecule has 39 heavy (non-hydrogen) atoms. The van der Waals surface area contributed by atoms with Crippen molar-refractivity contribution in [3.63, 3.8) is 0 Å². The Hall–Kier alpha value is 0.410. The molecular weight excluding hydrogens is 543 g/mol. The number of hydrogen-bond acceptors (Lipinski definition) is 5. The highest BCUT2D eigenvalue weighted by Crippen LogP contribution is 2.22. The van der Waals surface area contributed by atoms with Gasteiger partial charge in [0, 0.05) is 22.3 Å². The van der Waals surface area contributed by atoms with Crippen LogP contribution in [0.1, 0.15) is 146 Å². The summed E-state index contributed by atoms with van der Waals surface area (Å²) in [6.07, 6.45) is 1.41. The van der Waals surface area contributed by atoms with Crippen LogP contribution in [0.2, 0.25) is 0 Å². The Morgan fingerprint density at radius 2 is 0.846 bits per heavy atom. The number of likely N-dealkylation sites (tertiary alicyclic amines) is 1. The summed E-state index contributed by atoms with van der Waals surface area (Å²) in [5, 5.41) is 0. The van der Waals surface area contributed by atoms with Gasteiger partial charge in [-0.15, -0.1) is 0 Å². The van der Waals surface area contributed by atoms with Crippen molar-refractivity contribution in [2.45, 2.75) is 146 Å². The molecule has 0 radical (unpaired) electrons. The van der Waals surface area contributed by atoms with Crippen LogP contribution in [-0.2, 0) is 20.6 Å². The van der Waals surface area contributed by atoms with Crippen LogP contribution in [0.25, 0.3) is 0 Å². The van der Waals surface area contributed by atoms with Crippen LogP contribution in [0.4, 0.5) is 0 Å². The molecule has 0 aromatic rings. The maximum absolute atomic E-state index is 10.3. The molecule has 0 atom stereocenters. The molecule has 4 fully saturated rings. The van der Waals surface area contributed by atoms with E-state index in [1.165, 1.54) is 31.0 Å². The summed E-state index contributed by atoms with van der Waals surface area (Å²) in [5.41, 5.74) is 0. The third-order valence-corrected chi connectivity index (χ3v) is 9.55. The molecule has 4 nitrogen and oxygen atoms in total. The quantitative estimate of drug-likeness (QED) is 0.264. The van der Waals surface area contributed by atoms with E-state index in [2.05, 4.69) is 25.8 Å². The van der Waals surface area contributed by atoms with Crippen LogP contribution in [0.5, 0.6) is 0 Å². The van der Waals surface area contributed by atoms with E-state index in [9.17, 15) is 12.6 Å². The topological polar surface area (TPSA) is 54.5 Å². The average molecular weight is 640 g/mol. The van der Waals surface area contributed by atoms with Gasteiger partial charge in [-0.25, -0.2) is 8.42 Å². The molecule has 7 heteroatoms. The minimum Gasteiger partial charge on any atom is -0.306 e. The van der Waals surface area contributed by atoms with E-state index in [4.69, 9.17) is 0 Å². The lowest BCUT2D eigenvalue weighted by Crippen LogP contribution is -2.33. The van der Waals surface area contributed by atoms with E-state index in [1.807, 2.05) is 18.7 Å². The van der Waals surface area contributed by atoms with Gasteiger partial charge in [-0.05, 0) is 55.8 Å². The van der Waals surface area contributed by atoms with Gasteiger partial charge >= 0.3 is 0 Å². The van der Waals surface area contributed by atoms with Crippen molar-refractivity contribution in [2.24, 2.45) is 17.8 Å². The van der Waals surface area contributed by atoms with E-state index in [1.54, 1.807) is 0 Å². The van der Waals surface area contributed by atoms with Crippen LogP contribution in [0, 0.1) is 17.8 Å². The van der Waals surface area contributed by atoms with Crippen LogP contribution in [0.15, 0.2) is 0 Å². The molecule has 0 spiro atoms. The first-order chi connectivity index (χ1) is 10.7.